The number of hydrogen-bond donors (Lipinski definition) is 1. The summed E-state index contributed by atoms with van der Waals surface area (Å²) in [5.74, 6) is 0. The van der Waals surface area contributed by atoms with Crippen molar-refractivity contribution in [3.05, 3.63) is 24.0 Å². The third kappa shape index (κ3) is 2.34. The molecule has 2 N–H and O–H groups in total. The van der Waals surface area contributed by atoms with E-state index in [2.05, 4.69) is 0 Å². The van der Waals surface area contributed by atoms with E-state index in [0.717, 1.165) is 5.69 Å². The van der Waals surface area contributed by atoms with Crippen LogP contribution in [0.1, 0.15) is 19.5 Å². The highest BCUT2D eigenvalue weighted by Crippen LogP contribution is 2.13. The van der Waals surface area contributed by atoms with Crippen molar-refractivity contribution in [3.8, 4) is 0 Å². The number of alkyl halides is 1. The number of halogens is 1. The fraction of sp³-hybridized carbons (Fsp3) is 0.556. The molecule has 2 nitrogen and oxygen atoms in total. The monoisotopic (exact) mass is 170 g/mol. The Morgan fingerprint density at radius 1 is 1.58 bits per heavy atom. The molecule has 0 unspecified atom stereocenters. The number of rotatable bonds is 3. The maximum absolute atomic E-state index is 13.2. The minimum Gasteiger partial charge on any atom is -0.347 e. The molecule has 3 heteroatoms. The van der Waals surface area contributed by atoms with Crippen molar-refractivity contribution in [2.24, 2.45) is 5.73 Å². The van der Waals surface area contributed by atoms with Gasteiger partial charge in [-0.15, -0.1) is 0 Å². The molecule has 0 radical (unpaired) electrons. The second-order valence-corrected chi connectivity index (χ2v) is 3.55. The average Bonchev–Trinajstić information content (AvgIpc) is 2.31. The predicted molar refractivity (Wildman–Crippen MR) is 47.5 cm³/mol. The topological polar surface area (TPSA) is 30.9 Å². The van der Waals surface area contributed by atoms with Crippen molar-refractivity contribution in [3.63, 3.8) is 0 Å². The summed E-state index contributed by atoms with van der Waals surface area (Å²) in [4.78, 5) is 0. The number of hydrogen-bond acceptors (Lipinski definition) is 1. The zero-order valence-electron chi connectivity index (χ0n) is 7.55. The molecule has 0 saturated carbocycles. The molecule has 0 aliphatic rings. The summed E-state index contributed by atoms with van der Waals surface area (Å²) in [6.07, 6.45) is 1.85. The number of nitrogens with two attached hydrogens (primary N) is 1. The van der Waals surface area contributed by atoms with E-state index < -0.39 is 5.67 Å². The van der Waals surface area contributed by atoms with Crippen LogP contribution in [-0.2, 0) is 13.1 Å². The Morgan fingerprint density at radius 2 is 2.25 bits per heavy atom. The van der Waals surface area contributed by atoms with Gasteiger partial charge in [0.1, 0.15) is 5.67 Å². The zero-order valence-corrected chi connectivity index (χ0v) is 7.55. The van der Waals surface area contributed by atoms with E-state index in [1.54, 1.807) is 13.8 Å². The second kappa shape index (κ2) is 3.27. The third-order valence-corrected chi connectivity index (χ3v) is 1.68. The maximum atomic E-state index is 13.2. The first kappa shape index (κ1) is 9.26. The van der Waals surface area contributed by atoms with Crippen LogP contribution < -0.4 is 5.73 Å². The Kier molecular flexibility index (Phi) is 2.52. The van der Waals surface area contributed by atoms with Crippen LogP contribution in [0, 0.1) is 0 Å². The van der Waals surface area contributed by atoms with Crippen LogP contribution in [0.3, 0.4) is 0 Å². The summed E-state index contributed by atoms with van der Waals surface area (Å²) in [5, 5.41) is 0. The standard InChI is InChI=1S/C9H15FN2/c1-9(2,10)7-12-5-3-4-8(12)6-11/h3-5H,6-7,11H2,1-2H3. The Morgan fingerprint density at radius 3 is 2.75 bits per heavy atom. The Labute approximate surface area is 72.2 Å². The summed E-state index contributed by atoms with van der Waals surface area (Å²) >= 11 is 0. The van der Waals surface area contributed by atoms with Crippen LogP contribution in [0.2, 0.25) is 0 Å². The van der Waals surface area contributed by atoms with E-state index >= 15 is 0 Å². The fourth-order valence-electron chi connectivity index (χ4n) is 1.19. The lowest BCUT2D eigenvalue weighted by Crippen LogP contribution is -2.22. The molecule has 0 fully saturated rings. The van der Waals surface area contributed by atoms with Gasteiger partial charge in [-0.25, -0.2) is 4.39 Å². The Bertz CT molecular complexity index is 247. The van der Waals surface area contributed by atoms with Crippen LogP contribution in [0.25, 0.3) is 0 Å². The van der Waals surface area contributed by atoms with Crippen LogP contribution in [0.15, 0.2) is 18.3 Å². The van der Waals surface area contributed by atoms with Gasteiger partial charge in [0.15, 0.2) is 0 Å². The van der Waals surface area contributed by atoms with Gasteiger partial charge >= 0.3 is 0 Å². The third-order valence-electron chi connectivity index (χ3n) is 1.68. The van der Waals surface area contributed by atoms with Gasteiger partial charge in [0.2, 0.25) is 0 Å². The van der Waals surface area contributed by atoms with E-state index in [9.17, 15) is 4.39 Å². The molecular weight excluding hydrogens is 155 g/mol. The molecule has 1 heterocycles. The molecule has 0 aliphatic heterocycles. The fourth-order valence-corrected chi connectivity index (χ4v) is 1.19. The zero-order chi connectivity index (χ0) is 9.19. The van der Waals surface area contributed by atoms with E-state index in [1.807, 2.05) is 22.9 Å². The molecule has 1 aromatic rings. The first-order valence-electron chi connectivity index (χ1n) is 4.06. The van der Waals surface area contributed by atoms with Crippen molar-refractivity contribution in [2.45, 2.75) is 32.6 Å². The molecule has 0 bridgehead atoms. The van der Waals surface area contributed by atoms with Crippen molar-refractivity contribution in [1.82, 2.24) is 4.57 Å². The van der Waals surface area contributed by atoms with Crippen molar-refractivity contribution in [2.75, 3.05) is 0 Å². The molecule has 0 aliphatic carbocycles. The van der Waals surface area contributed by atoms with Gasteiger partial charge in [-0.2, -0.15) is 0 Å². The molecule has 1 rings (SSSR count). The van der Waals surface area contributed by atoms with E-state index in [-0.39, 0.29) is 0 Å². The van der Waals surface area contributed by atoms with Gasteiger partial charge in [-0.1, -0.05) is 0 Å². The van der Waals surface area contributed by atoms with Gasteiger partial charge in [-0.3, -0.25) is 0 Å². The minimum atomic E-state index is -1.18. The lowest BCUT2D eigenvalue weighted by Gasteiger charge is -2.16. The number of aromatic nitrogens is 1. The van der Waals surface area contributed by atoms with Gasteiger partial charge in [0.25, 0.3) is 0 Å². The summed E-state index contributed by atoms with van der Waals surface area (Å²) in [6, 6.07) is 3.79. The SMILES string of the molecule is CC(C)(F)Cn1cccc1CN. The summed E-state index contributed by atoms with van der Waals surface area (Å²) in [6.45, 7) is 3.95. The lowest BCUT2D eigenvalue weighted by atomic mass is 10.2. The molecule has 0 saturated heterocycles. The summed E-state index contributed by atoms with van der Waals surface area (Å²) < 4.78 is 15.1. The Balaban J connectivity index is 2.75. The number of nitrogens with zero attached hydrogens (tertiary/aromatic N) is 1. The highest BCUT2D eigenvalue weighted by atomic mass is 19.1. The van der Waals surface area contributed by atoms with Crippen molar-refractivity contribution < 1.29 is 4.39 Å². The quantitative estimate of drug-likeness (QED) is 0.735. The summed E-state index contributed by atoms with van der Waals surface area (Å²) in [5.41, 5.74) is 5.27. The molecule has 0 spiro atoms. The second-order valence-electron chi connectivity index (χ2n) is 3.55. The molecule has 68 valence electrons. The van der Waals surface area contributed by atoms with Gasteiger partial charge < -0.3 is 10.3 Å². The smallest absolute Gasteiger partial charge is 0.123 e. The van der Waals surface area contributed by atoms with Crippen molar-refractivity contribution in [1.29, 1.82) is 0 Å². The van der Waals surface area contributed by atoms with Crippen LogP contribution >= 0.6 is 0 Å². The van der Waals surface area contributed by atoms with E-state index in [0.29, 0.717) is 13.1 Å². The normalized spacial score (nSPS) is 12.0. The lowest BCUT2D eigenvalue weighted by molar-refractivity contribution is 0.185. The van der Waals surface area contributed by atoms with Crippen molar-refractivity contribution >= 4 is 0 Å². The van der Waals surface area contributed by atoms with Gasteiger partial charge in [-0.05, 0) is 26.0 Å². The van der Waals surface area contributed by atoms with Gasteiger partial charge in [0, 0.05) is 18.4 Å². The van der Waals surface area contributed by atoms with Crippen LogP contribution in [0.4, 0.5) is 4.39 Å². The summed E-state index contributed by atoms with van der Waals surface area (Å²) in [7, 11) is 0. The highest BCUT2D eigenvalue weighted by Gasteiger charge is 2.16. The Hall–Kier alpha value is -0.830. The highest BCUT2D eigenvalue weighted by molar-refractivity contribution is 5.07. The molecule has 0 aromatic carbocycles. The van der Waals surface area contributed by atoms with Crippen LogP contribution in [-0.4, -0.2) is 10.2 Å². The van der Waals surface area contributed by atoms with Crippen LogP contribution in [0.5, 0.6) is 0 Å². The first-order chi connectivity index (χ1) is 5.53. The van der Waals surface area contributed by atoms with E-state index in [1.165, 1.54) is 0 Å². The maximum Gasteiger partial charge on any atom is 0.123 e. The largest absolute Gasteiger partial charge is 0.347 e. The molecule has 12 heavy (non-hydrogen) atoms. The minimum absolute atomic E-state index is 0.368. The predicted octanol–water partition coefficient (Wildman–Crippen LogP) is 1.69. The average molecular weight is 170 g/mol. The molecule has 0 amide bonds. The van der Waals surface area contributed by atoms with E-state index in [4.69, 9.17) is 5.73 Å². The van der Waals surface area contributed by atoms with Gasteiger partial charge in [0.05, 0.1) is 6.54 Å². The molecule has 0 atom stereocenters. The first-order valence-corrected chi connectivity index (χ1v) is 4.06. The molecule has 1 aromatic heterocycles. The molecular formula is C9H15FN2.